The topological polar surface area (TPSA) is 82.8 Å². The van der Waals surface area contributed by atoms with Crippen LogP contribution in [-0.2, 0) is 11.3 Å². The molecule has 1 aromatic rings. The van der Waals surface area contributed by atoms with Gasteiger partial charge < -0.3 is 21.3 Å². The molecule has 25 heavy (non-hydrogen) atoms. The van der Waals surface area contributed by atoms with Crippen LogP contribution in [0.1, 0.15) is 35.9 Å². The predicted molar refractivity (Wildman–Crippen MR) is 105 cm³/mol. The van der Waals surface area contributed by atoms with Gasteiger partial charge in [0.2, 0.25) is 5.91 Å². The number of likely N-dealkylation sites (tertiary alicyclic amines) is 1. The maximum absolute atomic E-state index is 11.3. The first-order valence-corrected chi connectivity index (χ1v) is 9.99. The molecule has 2 rings (SSSR count). The fourth-order valence-electron chi connectivity index (χ4n) is 3.07. The first kappa shape index (κ1) is 19.7. The van der Waals surface area contributed by atoms with E-state index in [2.05, 4.69) is 46.5 Å². The highest BCUT2D eigenvalue weighted by atomic mass is 32.1. The van der Waals surface area contributed by atoms with Crippen LogP contribution in [0.3, 0.4) is 0 Å². The van der Waals surface area contributed by atoms with Gasteiger partial charge in [0.25, 0.3) is 0 Å². The Bertz CT molecular complexity index is 572. The van der Waals surface area contributed by atoms with Crippen molar-refractivity contribution in [1.82, 2.24) is 15.5 Å². The van der Waals surface area contributed by atoms with Gasteiger partial charge in [-0.15, -0.1) is 11.3 Å². The standard InChI is InChI=1S/C18H31N5OS/c1-3-20-18(22-12-16-8-7-14(2)25-16)21-9-5-11-23-10-4-6-15(13-23)17(19)24/h7-8,15H,3-6,9-13H2,1-2H3,(H2,19,24)(H2,20,21,22). The van der Waals surface area contributed by atoms with E-state index in [-0.39, 0.29) is 11.8 Å². The van der Waals surface area contributed by atoms with Gasteiger partial charge in [-0.25, -0.2) is 4.99 Å². The second-order valence-corrected chi connectivity index (χ2v) is 7.90. The number of aliphatic imine (C=N–C) groups is 1. The summed E-state index contributed by atoms with van der Waals surface area (Å²) in [5.74, 6) is 0.727. The van der Waals surface area contributed by atoms with Crippen molar-refractivity contribution in [3.05, 3.63) is 21.9 Å². The van der Waals surface area contributed by atoms with Crippen molar-refractivity contribution in [1.29, 1.82) is 0 Å². The van der Waals surface area contributed by atoms with Crippen LogP contribution in [0.2, 0.25) is 0 Å². The summed E-state index contributed by atoms with van der Waals surface area (Å²) in [6, 6.07) is 4.27. The third-order valence-electron chi connectivity index (χ3n) is 4.38. The van der Waals surface area contributed by atoms with Crippen molar-refractivity contribution in [2.45, 2.75) is 39.7 Å². The van der Waals surface area contributed by atoms with Crippen LogP contribution in [-0.4, -0.2) is 49.5 Å². The van der Waals surface area contributed by atoms with Gasteiger partial charge in [0.05, 0.1) is 12.5 Å². The Morgan fingerprint density at radius 2 is 2.28 bits per heavy atom. The molecule has 7 heteroatoms. The monoisotopic (exact) mass is 365 g/mol. The van der Waals surface area contributed by atoms with Crippen molar-refractivity contribution in [3.63, 3.8) is 0 Å². The van der Waals surface area contributed by atoms with E-state index in [1.165, 1.54) is 9.75 Å². The van der Waals surface area contributed by atoms with Gasteiger partial charge in [0.15, 0.2) is 5.96 Å². The SMILES string of the molecule is CCNC(=NCc1ccc(C)s1)NCCCN1CCCC(C(N)=O)C1. The maximum Gasteiger partial charge on any atom is 0.221 e. The zero-order valence-corrected chi connectivity index (χ0v) is 16.2. The van der Waals surface area contributed by atoms with Crippen molar-refractivity contribution in [2.75, 3.05) is 32.7 Å². The number of nitrogens with zero attached hydrogens (tertiary/aromatic N) is 2. The van der Waals surface area contributed by atoms with Crippen LogP contribution in [0.5, 0.6) is 0 Å². The lowest BCUT2D eigenvalue weighted by Crippen LogP contribution is -2.43. The van der Waals surface area contributed by atoms with Gasteiger partial charge in [-0.05, 0) is 58.3 Å². The average molecular weight is 366 g/mol. The minimum Gasteiger partial charge on any atom is -0.369 e. The number of guanidine groups is 1. The first-order chi connectivity index (χ1) is 12.1. The largest absolute Gasteiger partial charge is 0.369 e. The smallest absolute Gasteiger partial charge is 0.221 e. The summed E-state index contributed by atoms with van der Waals surface area (Å²) >= 11 is 1.79. The molecular weight excluding hydrogens is 334 g/mol. The van der Waals surface area contributed by atoms with Gasteiger partial charge in [-0.1, -0.05) is 0 Å². The van der Waals surface area contributed by atoms with Crippen molar-refractivity contribution in [3.8, 4) is 0 Å². The quantitative estimate of drug-likeness (QED) is 0.372. The van der Waals surface area contributed by atoms with Crippen molar-refractivity contribution >= 4 is 23.2 Å². The minimum atomic E-state index is -0.159. The number of carbonyl (C=O) groups excluding carboxylic acids is 1. The maximum atomic E-state index is 11.3. The van der Waals surface area contributed by atoms with Gasteiger partial charge in [-0.3, -0.25) is 4.79 Å². The fraction of sp³-hybridized carbons (Fsp3) is 0.667. The van der Waals surface area contributed by atoms with Gasteiger partial charge >= 0.3 is 0 Å². The third-order valence-corrected chi connectivity index (χ3v) is 5.37. The Kier molecular flexibility index (Phi) is 8.21. The summed E-state index contributed by atoms with van der Waals surface area (Å²) in [6.07, 6.45) is 3.02. The molecule has 1 fully saturated rings. The molecule has 0 spiro atoms. The minimum absolute atomic E-state index is 0.0230. The normalized spacial score (nSPS) is 19.0. The fourth-order valence-corrected chi connectivity index (χ4v) is 3.88. The van der Waals surface area contributed by atoms with Crippen LogP contribution >= 0.6 is 11.3 Å². The number of amides is 1. The van der Waals surface area contributed by atoms with Crippen molar-refractivity contribution < 1.29 is 4.79 Å². The molecule has 1 aliphatic heterocycles. The molecule has 0 aromatic carbocycles. The van der Waals surface area contributed by atoms with Crippen LogP contribution < -0.4 is 16.4 Å². The number of nitrogens with one attached hydrogen (secondary N) is 2. The Morgan fingerprint density at radius 3 is 2.96 bits per heavy atom. The number of nitrogens with two attached hydrogens (primary N) is 1. The number of rotatable bonds is 8. The van der Waals surface area contributed by atoms with E-state index in [0.717, 1.165) is 57.9 Å². The highest BCUT2D eigenvalue weighted by Gasteiger charge is 2.23. The number of piperidine rings is 1. The summed E-state index contributed by atoms with van der Waals surface area (Å²) in [5, 5.41) is 6.69. The lowest BCUT2D eigenvalue weighted by atomic mass is 9.97. The van der Waals surface area contributed by atoms with Crippen LogP contribution in [0.25, 0.3) is 0 Å². The molecule has 6 nitrogen and oxygen atoms in total. The van der Waals surface area contributed by atoms with E-state index in [1.54, 1.807) is 11.3 Å². The van der Waals surface area contributed by atoms with E-state index in [9.17, 15) is 4.79 Å². The summed E-state index contributed by atoms with van der Waals surface area (Å²) in [4.78, 5) is 20.9. The molecule has 4 N–H and O–H groups in total. The van der Waals surface area contributed by atoms with Crippen LogP contribution in [0, 0.1) is 12.8 Å². The third kappa shape index (κ3) is 7.04. The summed E-state index contributed by atoms with van der Waals surface area (Å²) in [5.41, 5.74) is 5.44. The summed E-state index contributed by atoms with van der Waals surface area (Å²) in [6.45, 7) is 9.47. The number of hydrogen-bond donors (Lipinski definition) is 3. The van der Waals surface area contributed by atoms with Gasteiger partial charge in [0, 0.05) is 29.4 Å². The molecule has 0 bridgehead atoms. The van der Waals surface area contributed by atoms with E-state index in [0.29, 0.717) is 6.54 Å². The molecule has 1 aromatic heterocycles. The van der Waals surface area contributed by atoms with Gasteiger partial charge in [0.1, 0.15) is 0 Å². The molecular formula is C18H31N5OS. The van der Waals surface area contributed by atoms with E-state index < -0.39 is 0 Å². The predicted octanol–water partition coefficient (Wildman–Crippen LogP) is 1.70. The molecule has 1 atom stereocenters. The van der Waals surface area contributed by atoms with E-state index in [4.69, 9.17) is 5.73 Å². The number of aryl methyl sites for hydroxylation is 1. The number of carbonyl (C=O) groups is 1. The number of primary amides is 1. The molecule has 0 radical (unpaired) electrons. The highest BCUT2D eigenvalue weighted by Crippen LogP contribution is 2.16. The Labute approximate surface area is 154 Å². The highest BCUT2D eigenvalue weighted by molar-refractivity contribution is 7.11. The average Bonchev–Trinajstić information content (AvgIpc) is 3.02. The molecule has 1 amide bonds. The first-order valence-electron chi connectivity index (χ1n) is 9.17. The lowest BCUT2D eigenvalue weighted by Gasteiger charge is -2.31. The Hall–Kier alpha value is -1.60. The van der Waals surface area contributed by atoms with Gasteiger partial charge in [-0.2, -0.15) is 0 Å². The van der Waals surface area contributed by atoms with Crippen LogP contribution in [0.15, 0.2) is 17.1 Å². The molecule has 1 unspecified atom stereocenters. The zero-order valence-electron chi connectivity index (χ0n) is 15.4. The Balaban J connectivity index is 1.70. The van der Waals surface area contributed by atoms with E-state index >= 15 is 0 Å². The summed E-state index contributed by atoms with van der Waals surface area (Å²) in [7, 11) is 0. The molecule has 0 saturated carbocycles. The Morgan fingerprint density at radius 1 is 1.44 bits per heavy atom. The second-order valence-electron chi connectivity index (χ2n) is 6.53. The molecule has 140 valence electrons. The molecule has 2 heterocycles. The van der Waals surface area contributed by atoms with E-state index in [1.807, 2.05) is 0 Å². The summed E-state index contributed by atoms with van der Waals surface area (Å²) < 4.78 is 0. The molecule has 1 saturated heterocycles. The zero-order chi connectivity index (χ0) is 18.1. The molecule has 1 aliphatic rings. The van der Waals surface area contributed by atoms with Crippen LogP contribution in [0.4, 0.5) is 0 Å². The van der Waals surface area contributed by atoms with Crippen molar-refractivity contribution in [2.24, 2.45) is 16.6 Å². The number of hydrogen-bond acceptors (Lipinski definition) is 4. The lowest BCUT2D eigenvalue weighted by molar-refractivity contribution is -0.123. The molecule has 0 aliphatic carbocycles. The number of thiophene rings is 1. The second kappa shape index (κ2) is 10.4.